The first-order chi connectivity index (χ1) is 10.2. The molecular weight excluding hydrogens is 299 g/mol. The summed E-state index contributed by atoms with van der Waals surface area (Å²) >= 11 is 5.41. The summed E-state index contributed by atoms with van der Waals surface area (Å²) in [5.74, 6) is 0.340. The molecule has 0 aromatic heterocycles. The maximum absolute atomic E-state index is 13.4. The van der Waals surface area contributed by atoms with Gasteiger partial charge in [-0.2, -0.15) is 0 Å². The summed E-state index contributed by atoms with van der Waals surface area (Å²) in [7, 11) is -0.438. The minimum atomic E-state index is -0.438. The largest absolute Gasteiger partial charge is 0.205 e. The third-order valence-corrected chi connectivity index (χ3v) is 8.53. The van der Waals surface area contributed by atoms with Crippen LogP contribution in [0.1, 0.15) is 56.1 Å². The Hall–Kier alpha value is -0.603. The van der Waals surface area contributed by atoms with Gasteiger partial charge in [-0.15, -0.1) is 0 Å². The van der Waals surface area contributed by atoms with Gasteiger partial charge < -0.3 is 0 Å². The summed E-state index contributed by atoms with van der Waals surface area (Å²) in [5, 5.41) is 0. The van der Waals surface area contributed by atoms with Gasteiger partial charge >= 0.3 is 0 Å². The summed E-state index contributed by atoms with van der Waals surface area (Å²) in [6.45, 7) is 2.28. The maximum Gasteiger partial charge on any atom is 0.141 e. The summed E-state index contributed by atoms with van der Waals surface area (Å²) in [4.78, 5) is 0. The van der Waals surface area contributed by atoms with Crippen LogP contribution in [0.2, 0.25) is 18.1 Å². The lowest BCUT2D eigenvalue weighted by molar-refractivity contribution is 0.603. The summed E-state index contributed by atoms with van der Waals surface area (Å²) < 4.78 is 13.4. The van der Waals surface area contributed by atoms with E-state index in [-0.39, 0.29) is 5.83 Å². The van der Waals surface area contributed by atoms with E-state index >= 15 is 0 Å². The average molecular weight is 325 g/mol. The normalized spacial score (nSPS) is 23.3. The highest BCUT2D eigenvalue weighted by Gasteiger charge is 2.22. The van der Waals surface area contributed by atoms with Crippen molar-refractivity contribution in [3.8, 4) is 0 Å². The average Bonchev–Trinajstić information content (AvgIpc) is 2.55. The van der Waals surface area contributed by atoms with E-state index in [1.807, 2.05) is 12.1 Å². The Morgan fingerprint density at radius 2 is 1.90 bits per heavy atom. The molecule has 1 aromatic carbocycles. The van der Waals surface area contributed by atoms with Crippen LogP contribution in [0, 0.1) is 0 Å². The van der Waals surface area contributed by atoms with Gasteiger partial charge in [0.25, 0.3) is 0 Å². The predicted molar refractivity (Wildman–Crippen MR) is 94.5 cm³/mol. The minimum Gasteiger partial charge on any atom is -0.205 e. The van der Waals surface area contributed by atoms with Crippen molar-refractivity contribution in [1.29, 1.82) is 0 Å². The zero-order valence-corrected chi connectivity index (χ0v) is 14.9. The highest BCUT2D eigenvalue weighted by atomic mass is 35.5. The van der Waals surface area contributed by atoms with E-state index in [2.05, 4.69) is 19.1 Å². The van der Waals surface area contributed by atoms with Crippen LogP contribution in [-0.2, 0) is 0 Å². The molecule has 1 aromatic rings. The lowest BCUT2D eigenvalue weighted by Gasteiger charge is -2.28. The molecule has 21 heavy (non-hydrogen) atoms. The Morgan fingerprint density at radius 3 is 2.48 bits per heavy atom. The van der Waals surface area contributed by atoms with Gasteiger partial charge in [-0.05, 0) is 24.3 Å². The standard InChI is InChI=1S/C18H26ClFSi/c1-2-3-4-11-21-12-9-16(10-13-21)15-5-7-17(8-6-15)18(20)14-19/h5-8,14,16,21H,2-4,9-13H2,1H3. The molecule has 0 N–H and O–H groups in total. The maximum atomic E-state index is 13.4. The van der Waals surface area contributed by atoms with Crippen molar-refractivity contribution in [3.05, 3.63) is 40.9 Å². The van der Waals surface area contributed by atoms with Crippen LogP contribution in [0.5, 0.6) is 0 Å². The molecule has 2 rings (SSSR count). The highest BCUT2D eigenvalue weighted by molar-refractivity contribution is 6.59. The molecule has 1 saturated heterocycles. The molecule has 1 aliphatic rings. The fourth-order valence-electron chi connectivity index (χ4n) is 3.44. The van der Waals surface area contributed by atoms with Crippen LogP contribution in [0.25, 0.3) is 5.83 Å². The van der Waals surface area contributed by atoms with E-state index < -0.39 is 8.80 Å². The molecule has 0 atom stereocenters. The first-order valence-corrected chi connectivity index (χ1v) is 11.2. The lowest BCUT2D eigenvalue weighted by Crippen LogP contribution is -2.20. The number of benzene rings is 1. The van der Waals surface area contributed by atoms with Crippen molar-refractivity contribution in [2.75, 3.05) is 0 Å². The summed E-state index contributed by atoms with van der Waals surface area (Å²) in [6.07, 6.45) is 6.89. The minimum absolute atomic E-state index is 0.352. The lowest BCUT2D eigenvalue weighted by atomic mass is 9.93. The van der Waals surface area contributed by atoms with Gasteiger partial charge in [0.15, 0.2) is 0 Å². The quantitative estimate of drug-likeness (QED) is 0.414. The molecule has 0 aliphatic carbocycles. The van der Waals surface area contributed by atoms with E-state index in [4.69, 9.17) is 11.6 Å². The van der Waals surface area contributed by atoms with Crippen LogP contribution < -0.4 is 0 Å². The van der Waals surface area contributed by atoms with Gasteiger partial charge in [0, 0.05) is 19.9 Å². The van der Waals surface area contributed by atoms with Gasteiger partial charge in [0.2, 0.25) is 0 Å². The molecule has 1 aliphatic heterocycles. The molecule has 0 radical (unpaired) electrons. The van der Waals surface area contributed by atoms with Crippen LogP contribution >= 0.6 is 11.6 Å². The van der Waals surface area contributed by atoms with Gasteiger partial charge in [-0.3, -0.25) is 0 Å². The third kappa shape index (κ3) is 4.96. The summed E-state index contributed by atoms with van der Waals surface area (Å²) in [5.41, 5.74) is 2.96. The molecule has 0 saturated carbocycles. The highest BCUT2D eigenvalue weighted by Crippen LogP contribution is 2.35. The molecule has 1 heterocycles. The zero-order valence-electron chi connectivity index (χ0n) is 13.0. The molecule has 0 unspecified atom stereocenters. The second-order valence-electron chi connectivity index (χ2n) is 6.29. The van der Waals surface area contributed by atoms with Crippen LogP contribution in [0.3, 0.4) is 0 Å². The SMILES string of the molecule is CCCCC[SiH]1CCC(c2ccc(C(F)=CCl)cc2)CC1. The molecule has 1 fully saturated rings. The molecule has 116 valence electrons. The second kappa shape index (κ2) is 8.75. The molecule has 0 bridgehead atoms. The first kappa shape index (κ1) is 16.8. The molecule has 0 nitrogen and oxygen atoms in total. The van der Waals surface area contributed by atoms with E-state index in [1.165, 1.54) is 49.8 Å². The zero-order chi connectivity index (χ0) is 15.1. The van der Waals surface area contributed by atoms with E-state index in [0.717, 1.165) is 5.54 Å². The Morgan fingerprint density at radius 1 is 1.24 bits per heavy atom. The van der Waals surface area contributed by atoms with Crippen LogP contribution in [0.15, 0.2) is 29.8 Å². The van der Waals surface area contributed by atoms with Crippen molar-refractivity contribution in [2.45, 2.75) is 63.1 Å². The number of hydrogen-bond donors (Lipinski definition) is 0. The fourth-order valence-corrected chi connectivity index (χ4v) is 7.05. The fraction of sp³-hybridized carbons (Fsp3) is 0.556. The Balaban J connectivity index is 1.84. The Kier molecular flexibility index (Phi) is 6.98. The summed E-state index contributed by atoms with van der Waals surface area (Å²) in [6, 6.07) is 12.4. The van der Waals surface area contributed by atoms with Crippen LogP contribution in [-0.4, -0.2) is 8.80 Å². The van der Waals surface area contributed by atoms with E-state index in [1.54, 1.807) is 6.04 Å². The van der Waals surface area contributed by atoms with Gasteiger partial charge in [0.1, 0.15) is 5.83 Å². The van der Waals surface area contributed by atoms with E-state index in [0.29, 0.717) is 11.5 Å². The molecule has 3 heteroatoms. The van der Waals surface area contributed by atoms with Gasteiger partial charge in [-0.25, -0.2) is 4.39 Å². The number of unbranched alkanes of at least 4 members (excludes halogenated alkanes) is 2. The van der Waals surface area contributed by atoms with Crippen LogP contribution in [0.4, 0.5) is 4.39 Å². The van der Waals surface area contributed by atoms with Crippen molar-refractivity contribution in [3.63, 3.8) is 0 Å². The number of hydrogen-bond acceptors (Lipinski definition) is 0. The topological polar surface area (TPSA) is 0 Å². The Labute approximate surface area is 135 Å². The number of rotatable bonds is 6. The monoisotopic (exact) mass is 324 g/mol. The van der Waals surface area contributed by atoms with Crippen molar-refractivity contribution in [2.24, 2.45) is 0 Å². The first-order valence-electron chi connectivity index (χ1n) is 8.30. The predicted octanol–water partition coefficient (Wildman–Crippen LogP) is 6.49. The molecule has 0 amide bonds. The van der Waals surface area contributed by atoms with E-state index in [9.17, 15) is 4.39 Å². The third-order valence-electron chi connectivity index (χ3n) is 4.82. The van der Waals surface area contributed by atoms with Gasteiger partial charge in [0.05, 0.1) is 0 Å². The number of halogens is 2. The molecular formula is C18H26ClFSi. The van der Waals surface area contributed by atoms with Crippen molar-refractivity contribution >= 4 is 26.2 Å². The Bertz CT molecular complexity index is 447. The smallest absolute Gasteiger partial charge is 0.141 e. The van der Waals surface area contributed by atoms with Crippen molar-refractivity contribution in [1.82, 2.24) is 0 Å². The van der Waals surface area contributed by atoms with Gasteiger partial charge in [-0.1, -0.05) is 80.2 Å². The molecule has 0 spiro atoms. The van der Waals surface area contributed by atoms with Crippen molar-refractivity contribution < 1.29 is 4.39 Å². The second-order valence-corrected chi connectivity index (χ2v) is 9.97.